The lowest BCUT2D eigenvalue weighted by Gasteiger charge is -2.34. The highest BCUT2D eigenvalue weighted by Crippen LogP contribution is 2.18. The van der Waals surface area contributed by atoms with E-state index in [0.29, 0.717) is 17.8 Å². The van der Waals surface area contributed by atoms with Gasteiger partial charge in [-0.3, -0.25) is 14.6 Å². The summed E-state index contributed by atoms with van der Waals surface area (Å²) in [4.78, 5) is 28.8. The minimum Gasteiger partial charge on any atom is -0.465 e. The van der Waals surface area contributed by atoms with Crippen LogP contribution in [0.15, 0.2) is 42.5 Å². The molecule has 0 spiro atoms. The Morgan fingerprint density at radius 3 is 2.34 bits per heavy atom. The van der Waals surface area contributed by atoms with Crippen molar-refractivity contribution in [2.75, 3.05) is 45.2 Å². The van der Waals surface area contributed by atoms with Crippen LogP contribution in [0.5, 0.6) is 0 Å². The number of hydrogen-bond donors (Lipinski definition) is 1. The zero-order valence-electron chi connectivity index (χ0n) is 17.4. The third-order valence-electron chi connectivity index (χ3n) is 5.42. The van der Waals surface area contributed by atoms with Gasteiger partial charge in [-0.05, 0) is 42.7 Å². The molecule has 1 amide bonds. The summed E-state index contributed by atoms with van der Waals surface area (Å²) in [5, 5.41) is 2.93. The van der Waals surface area contributed by atoms with Gasteiger partial charge in [-0.25, -0.2) is 4.79 Å². The average molecular weight is 396 g/mol. The molecule has 1 aliphatic rings. The summed E-state index contributed by atoms with van der Waals surface area (Å²) in [6, 6.07) is 13.7. The predicted molar refractivity (Wildman–Crippen MR) is 114 cm³/mol. The second-order valence-electron chi connectivity index (χ2n) is 7.55. The molecule has 1 saturated heterocycles. The van der Waals surface area contributed by atoms with Crippen LogP contribution in [0.3, 0.4) is 0 Å². The highest BCUT2D eigenvalue weighted by atomic mass is 16.5. The number of rotatable bonds is 6. The van der Waals surface area contributed by atoms with Crippen molar-refractivity contribution in [3.63, 3.8) is 0 Å². The Hall–Kier alpha value is -2.70. The van der Waals surface area contributed by atoms with Gasteiger partial charge in [0.2, 0.25) is 5.91 Å². The number of methoxy groups -OCH3 is 1. The lowest BCUT2D eigenvalue weighted by Crippen LogP contribution is -2.48. The van der Waals surface area contributed by atoms with E-state index in [-0.39, 0.29) is 5.91 Å². The van der Waals surface area contributed by atoms with E-state index in [9.17, 15) is 9.59 Å². The fourth-order valence-electron chi connectivity index (χ4n) is 3.53. The maximum Gasteiger partial charge on any atom is 0.337 e. The highest BCUT2D eigenvalue weighted by Gasteiger charge is 2.20. The molecular weight excluding hydrogens is 366 g/mol. The van der Waals surface area contributed by atoms with Gasteiger partial charge in [0.25, 0.3) is 0 Å². The zero-order chi connectivity index (χ0) is 20.8. The largest absolute Gasteiger partial charge is 0.465 e. The van der Waals surface area contributed by atoms with Gasteiger partial charge in [0, 0.05) is 38.4 Å². The van der Waals surface area contributed by atoms with Crippen LogP contribution in [0.25, 0.3) is 0 Å². The molecule has 2 aromatic carbocycles. The van der Waals surface area contributed by atoms with Gasteiger partial charge in [-0.2, -0.15) is 0 Å². The van der Waals surface area contributed by atoms with Crippen molar-refractivity contribution in [1.82, 2.24) is 9.80 Å². The number of aryl methyl sites for hydroxylation is 2. The number of esters is 1. The Labute approximate surface area is 172 Å². The van der Waals surface area contributed by atoms with Crippen molar-refractivity contribution in [3.8, 4) is 0 Å². The molecule has 0 unspecified atom stereocenters. The molecule has 6 heteroatoms. The number of carbonyl (C=O) groups is 2. The molecule has 0 bridgehead atoms. The van der Waals surface area contributed by atoms with Crippen LogP contribution in [0.2, 0.25) is 0 Å². The average Bonchev–Trinajstić information content (AvgIpc) is 2.72. The van der Waals surface area contributed by atoms with Crippen molar-refractivity contribution in [2.45, 2.75) is 20.4 Å². The topological polar surface area (TPSA) is 61.9 Å². The molecule has 1 heterocycles. The van der Waals surface area contributed by atoms with E-state index >= 15 is 0 Å². The van der Waals surface area contributed by atoms with Crippen LogP contribution >= 0.6 is 0 Å². The van der Waals surface area contributed by atoms with Crippen molar-refractivity contribution < 1.29 is 14.3 Å². The van der Waals surface area contributed by atoms with Gasteiger partial charge >= 0.3 is 5.97 Å². The third kappa shape index (κ3) is 5.65. The molecule has 1 N–H and O–H groups in total. The maximum absolute atomic E-state index is 12.5. The van der Waals surface area contributed by atoms with Gasteiger partial charge < -0.3 is 10.1 Å². The molecular formula is C23H29N3O3. The second-order valence-corrected chi connectivity index (χ2v) is 7.55. The number of ether oxygens (including phenoxy) is 1. The second kappa shape index (κ2) is 9.67. The van der Waals surface area contributed by atoms with E-state index < -0.39 is 5.97 Å². The van der Waals surface area contributed by atoms with E-state index in [2.05, 4.69) is 46.3 Å². The molecule has 29 heavy (non-hydrogen) atoms. The minimum atomic E-state index is -0.412. The third-order valence-corrected chi connectivity index (χ3v) is 5.42. The summed E-state index contributed by atoms with van der Waals surface area (Å²) < 4.78 is 4.75. The summed E-state index contributed by atoms with van der Waals surface area (Å²) in [5.74, 6) is -0.479. The maximum atomic E-state index is 12.5. The van der Waals surface area contributed by atoms with Crippen LogP contribution in [0, 0.1) is 13.8 Å². The molecule has 0 aliphatic carbocycles. The molecule has 0 aromatic heterocycles. The number of benzene rings is 2. The number of piperazine rings is 1. The molecule has 0 saturated carbocycles. The standard InChI is InChI=1S/C23H29N3O3/c1-17-6-4-5-7-20(17)15-25-10-12-26(13-11-25)16-22(27)24-21-14-19(23(28)29-3)9-8-18(21)2/h4-9,14H,10-13,15-16H2,1-3H3,(H,24,27). The van der Waals surface area contributed by atoms with Crippen LogP contribution in [0.4, 0.5) is 5.69 Å². The zero-order valence-corrected chi connectivity index (χ0v) is 17.4. The number of anilines is 1. The Morgan fingerprint density at radius 1 is 0.966 bits per heavy atom. The summed E-state index contributed by atoms with van der Waals surface area (Å²) >= 11 is 0. The highest BCUT2D eigenvalue weighted by molar-refractivity contribution is 5.96. The molecule has 6 nitrogen and oxygen atoms in total. The van der Waals surface area contributed by atoms with E-state index in [0.717, 1.165) is 38.3 Å². The molecule has 0 atom stereocenters. The monoisotopic (exact) mass is 395 g/mol. The van der Waals surface area contributed by atoms with Crippen LogP contribution in [-0.2, 0) is 16.1 Å². The Bertz CT molecular complexity index is 873. The number of nitrogens with one attached hydrogen (secondary N) is 1. The Balaban J connectivity index is 1.50. The first-order valence-electron chi connectivity index (χ1n) is 9.94. The molecule has 0 radical (unpaired) electrons. The SMILES string of the molecule is COC(=O)c1ccc(C)c(NC(=O)CN2CCN(Cc3ccccc3C)CC2)c1. The van der Waals surface area contributed by atoms with Gasteiger partial charge in [0.1, 0.15) is 0 Å². The summed E-state index contributed by atoms with van der Waals surface area (Å²) in [6.07, 6.45) is 0. The fraction of sp³-hybridized carbons (Fsp3) is 0.391. The molecule has 1 aliphatic heterocycles. The number of amides is 1. The van der Waals surface area contributed by atoms with E-state index in [1.54, 1.807) is 12.1 Å². The fourth-order valence-corrected chi connectivity index (χ4v) is 3.53. The summed E-state index contributed by atoms with van der Waals surface area (Å²) in [6.45, 7) is 8.96. The van der Waals surface area contributed by atoms with Gasteiger partial charge in [0.15, 0.2) is 0 Å². The summed E-state index contributed by atoms with van der Waals surface area (Å²) in [5.41, 5.74) is 4.67. The number of carbonyl (C=O) groups excluding carboxylic acids is 2. The quantitative estimate of drug-likeness (QED) is 0.762. The van der Waals surface area contributed by atoms with Gasteiger partial charge in [-0.1, -0.05) is 30.3 Å². The van der Waals surface area contributed by atoms with Crippen molar-refractivity contribution in [3.05, 3.63) is 64.7 Å². The minimum absolute atomic E-state index is 0.0672. The normalized spacial score (nSPS) is 15.1. The molecule has 1 fully saturated rings. The first-order valence-corrected chi connectivity index (χ1v) is 9.94. The van der Waals surface area contributed by atoms with E-state index in [1.165, 1.54) is 18.2 Å². The predicted octanol–water partition coefficient (Wildman–Crippen LogP) is 2.85. The Morgan fingerprint density at radius 2 is 1.66 bits per heavy atom. The van der Waals surface area contributed by atoms with Crippen molar-refractivity contribution in [2.24, 2.45) is 0 Å². The van der Waals surface area contributed by atoms with Crippen molar-refractivity contribution >= 4 is 17.6 Å². The Kier molecular flexibility index (Phi) is 7.01. The van der Waals surface area contributed by atoms with E-state index in [4.69, 9.17) is 4.74 Å². The van der Waals surface area contributed by atoms with Crippen molar-refractivity contribution in [1.29, 1.82) is 0 Å². The summed E-state index contributed by atoms with van der Waals surface area (Å²) in [7, 11) is 1.35. The molecule has 2 aromatic rings. The first kappa shape index (κ1) is 21.0. The smallest absolute Gasteiger partial charge is 0.337 e. The molecule has 3 rings (SSSR count). The lowest BCUT2D eigenvalue weighted by atomic mass is 10.1. The number of nitrogens with zero attached hydrogens (tertiary/aromatic N) is 2. The van der Waals surface area contributed by atoms with Crippen LogP contribution in [-0.4, -0.2) is 61.5 Å². The van der Waals surface area contributed by atoms with E-state index in [1.807, 2.05) is 13.0 Å². The van der Waals surface area contributed by atoms with Crippen LogP contribution in [0.1, 0.15) is 27.0 Å². The van der Waals surface area contributed by atoms with Crippen LogP contribution < -0.4 is 5.32 Å². The first-order chi connectivity index (χ1) is 14.0. The number of hydrogen-bond acceptors (Lipinski definition) is 5. The van der Waals surface area contributed by atoms with Gasteiger partial charge in [-0.15, -0.1) is 0 Å². The van der Waals surface area contributed by atoms with Gasteiger partial charge in [0.05, 0.1) is 19.2 Å². The lowest BCUT2D eigenvalue weighted by molar-refractivity contribution is -0.117. The molecule has 154 valence electrons.